The number of carbonyl (C=O) groups excluding carboxylic acids is 1. The number of hydrogen-bond donors (Lipinski definition) is 1. The largest absolute Gasteiger partial charge is 0.342 e. The molecule has 2 aromatic carbocycles. The molecule has 1 aliphatic rings. The number of halogens is 1. The Balaban J connectivity index is 1.62. The van der Waals surface area contributed by atoms with Crippen molar-refractivity contribution in [3.05, 3.63) is 59.4 Å². The molecule has 1 amide bonds. The van der Waals surface area contributed by atoms with Crippen molar-refractivity contribution < 1.29 is 4.79 Å². The topological polar surface area (TPSA) is 49.0 Å². The lowest BCUT2D eigenvalue weighted by Gasteiger charge is -2.16. The standard InChI is InChI=1S/C17H14ClN3O/c18-12-5-7-13(8-6-12)21-10-11(9-16(21)22)17-19-14-3-1-2-4-15(14)20-17/h1-8,11H,9-10H2,(H,19,20). The van der Waals surface area contributed by atoms with Crippen LogP contribution >= 0.6 is 11.6 Å². The van der Waals surface area contributed by atoms with E-state index in [0.29, 0.717) is 18.0 Å². The molecule has 1 saturated heterocycles. The van der Waals surface area contributed by atoms with Crippen LogP contribution in [-0.4, -0.2) is 22.4 Å². The summed E-state index contributed by atoms with van der Waals surface area (Å²) >= 11 is 5.91. The number of aromatic nitrogens is 2. The molecule has 4 nitrogen and oxygen atoms in total. The van der Waals surface area contributed by atoms with Gasteiger partial charge in [-0.25, -0.2) is 4.98 Å². The van der Waals surface area contributed by atoms with Crippen LogP contribution in [0.25, 0.3) is 11.0 Å². The third-order valence-corrected chi connectivity index (χ3v) is 4.31. The molecule has 0 spiro atoms. The molecule has 0 aliphatic carbocycles. The van der Waals surface area contributed by atoms with Crippen LogP contribution in [0.4, 0.5) is 5.69 Å². The number of H-pyrrole nitrogens is 1. The maximum atomic E-state index is 12.3. The van der Waals surface area contributed by atoms with Crippen LogP contribution in [0, 0.1) is 0 Å². The summed E-state index contributed by atoms with van der Waals surface area (Å²) < 4.78 is 0. The Labute approximate surface area is 132 Å². The minimum Gasteiger partial charge on any atom is -0.342 e. The third-order valence-electron chi connectivity index (χ3n) is 4.06. The fourth-order valence-corrected chi connectivity index (χ4v) is 3.05. The van der Waals surface area contributed by atoms with Gasteiger partial charge in [-0.05, 0) is 36.4 Å². The monoisotopic (exact) mass is 311 g/mol. The number of imidazole rings is 1. The fraction of sp³-hybridized carbons (Fsp3) is 0.176. The highest BCUT2D eigenvalue weighted by Crippen LogP contribution is 2.31. The normalized spacial score (nSPS) is 18.3. The molecule has 1 fully saturated rings. The Hall–Kier alpha value is -2.33. The van der Waals surface area contributed by atoms with Crippen LogP contribution in [0.15, 0.2) is 48.5 Å². The highest BCUT2D eigenvalue weighted by atomic mass is 35.5. The summed E-state index contributed by atoms with van der Waals surface area (Å²) in [4.78, 5) is 22.1. The summed E-state index contributed by atoms with van der Waals surface area (Å²) in [5.74, 6) is 1.09. The van der Waals surface area contributed by atoms with Crippen molar-refractivity contribution >= 4 is 34.2 Å². The number of nitrogens with zero attached hydrogens (tertiary/aromatic N) is 2. The van der Waals surface area contributed by atoms with Gasteiger partial charge in [-0.1, -0.05) is 23.7 Å². The molecule has 1 N–H and O–H groups in total. The van der Waals surface area contributed by atoms with E-state index in [0.717, 1.165) is 22.5 Å². The summed E-state index contributed by atoms with van der Waals surface area (Å²) in [5, 5.41) is 0.671. The maximum Gasteiger partial charge on any atom is 0.227 e. The number of benzene rings is 2. The first-order valence-corrected chi connectivity index (χ1v) is 7.59. The predicted molar refractivity (Wildman–Crippen MR) is 87.3 cm³/mol. The second kappa shape index (κ2) is 5.14. The van der Waals surface area contributed by atoms with E-state index >= 15 is 0 Å². The summed E-state index contributed by atoms with van der Waals surface area (Å²) in [7, 11) is 0. The minimum absolute atomic E-state index is 0.0931. The van der Waals surface area contributed by atoms with Crippen LogP contribution in [0.5, 0.6) is 0 Å². The number of carbonyl (C=O) groups is 1. The van der Waals surface area contributed by atoms with Crippen molar-refractivity contribution in [1.29, 1.82) is 0 Å². The molecule has 1 unspecified atom stereocenters. The number of hydrogen-bond acceptors (Lipinski definition) is 2. The second-order valence-corrected chi connectivity index (χ2v) is 5.96. The first-order chi connectivity index (χ1) is 10.7. The zero-order valence-electron chi connectivity index (χ0n) is 11.8. The molecule has 2 heterocycles. The van der Waals surface area contributed by atoms with Crippen LogP contribution in [0.2, 0.25) is 5.02 Å². The molecule has 1 atom stereocenters. The number of nitrogens with one attached hydrogen (secondary N) is 1. The van der Waals surface area contributed by atoms with E-state index < -0.39 is 0 Å². The third kappa shape index (κ3) is 2.25. The molecule has 1 aliphatic heterocycles. The van der Waals surface area contributed by atoms with Crippen molar-refractivity contribution in [3.63, 3.8) is 0 Å². The summed E-state index contributed by atoms with van der Waals surface area (Å²) in [6.07, 6.45) is 0.475. The first kappa shape index (κ1) is 13.3. The molecular formula is C17H14ClN3O. The summed E-state index contributed by atoms with van der Waals surface area (Å²) in [6.45, 7) is 0.639. The van der Waals surface area contributed by atoms with Gasteiger partial charge in [0, 0.05) is 29.6 Å². The molecular weight excluding hydrogens is 298 g/mol. The number of para-hydroxylation sites is 2. The quantitative estimate of drug-likeness (QED) is 0.784. The average Bonchev–Trinajstić information content (AvgIpc) is 3.11. The zero-order chi connectivity index (χ0) is 15.1. The molecule has 110 valence electrons. The zero-order valence-corrected chi connectivity index (χ0v) is 12.5. The van der Waals surface area contributed by atoms with Gasteiger partial charge in [0.2, 0.25) is 5.91 Å². The number of aromatic amines is 1. The van der Waals surface area contributed by atoms with Gasteiger partial charge in [-0.2, -0.15) is 0 Å². The van der Waals surface area contributed by atoms with Crippen molar-refractivity contribution in [2.75, 3.05) is 11.4 Å². The SMILES string of the molecule is O=C1CC(c2nc3ccccc3[nH]2)CN1c1ccc(Cl)cc1. The molecule has 0 saturated carbocycles. The van der Waals surface area contributed by atoms with E-state index in [-0.39, 0.29) is 11.8 Å². The lowest BCUT2D eigenvalue weighted by atomic mass is 10.1. The Kier molecular flexibility index (Phi) is 3.12. The fourth-order valence-electron chi connectivity index (χ4n) is 2.93. The lowest BCUT2D eigenvalue weighted by Crippen LogP contribution is -2.24. The van der Waals surface area contributed by atoms with Crippen molar-refractivity contribution in [2.45, 2.75) is 12.3 Å². The highest BCUT2D eigenvalue weighted by Gasteiger charge is 2.33. The van der Waals surface area contributed by atoms with Crippen LogP contribution in [0.3, 0.4) is 0 Å². The van der Waals surface area contributed by atoms with Gasteiger partial charge >= 0.3 is 0 Å². The predicted octanol–water partition coefficient (Wildman–Crippen LogP) is 3.74. The minimum atomic E-state index is 0.0931. The van der Waals surface area contributed by atoms with Gasteiger partial charge < -0.3 is 9.88 Å². The lowest BCUT2D eigenvalue weighted by molar-refractivity contribution is -0.117. The smallest absolute Gasteiger partial charge is 0.227 e. The molecule has 3 aromatic rings. The molecule has 4 rings (SSSR count). The molecule has 5 heteroatoms. The van der Waals surface area contributed by atoms with Gasteiger partial charge in [-0.3, -0.25) is 4.79 Å². The first-order valence-electron chi connectivity index (χ1n) is 7.21. The van der Waals surface area contributed by atoms with E-state index in [1.807, 2.05) is 36.4 Å². The van der Waals surface area contributed by atoms with Crippen molar-refractivity contribution in [3.8, 4) is 0 Å². The van der Waals surface area contributed by atoms with Gasteiger partial charge in [0.1, 0.15) is 5.82 Å². The highest BCUT2D eigenvalue weighted by molar-refractivity contribution is 6.30. The average molecular weight is 312 g/mol. The van der Waals surface area contributed by atoms with Crippen LogP contribution < -0.4 is 4.90 Å². The number of amides is 1. The molecule has 0 bridgehead atoms. The van der Waals surface area contributed by atoms with Crippen LogP contribution in [-0.2, 0) is 4.79 Å². The Morgan fingerprint density at radius 2 is 1.91 bits per heavy atom. The number of rotatable bonds is 2. The number of fused-ring (bicyclic) bond motifs is 1. The van der Waals surface area contributed by atoms with E-state index in [1.165, 1.54) is 0 Å². The van der Waals surface area contributed by atoms with Crippen LogP contribution in [0.1, 0.15) is 18.2 Å². The number of anilines is 1. The van der Waals surface area contributed by atoms with Gasteiger partial charge in [-0.15, -0.1) is 0 Å². The van der Waals surface area contributed by atoms with E-state index in [4.69, 9.17) is 11.6 Å². The molecule has 1 aromatic heterocycles. The molecule has 0 radical (unpaired) electrons. The van der Waals surface area contributed by atoms with E-state index in [2.05, 4.69) is 9.97 Å². The van der Waals surface area contributed by atoms with Crippen molar-refractivity contribution in [1.82, 2.24) is 9.97 Å². The Bertz CT molecular complexity index is 807. The Morgan fingerprint density at radius 1 is 1.14 bits per heavy atom. The van der Waals surface area contributed by atoms with Gasteiger partial charge in [0.25, 0.3) is 0 Å². The van der Waals surface area contributed by atoms with E-state index in [1.54, 1.807) is 17.0 Å². The van der Waals surface area contributed by atoms with Gasteiger partial charge in [0.05, 0.1) is 11.0 Å². The van der Waals surface area contributed by atoms with E-state index in [9.17, 15) is 4.79 Å². The van der Waals surface area contributed by atoms with Crippen molar-refractivity contribution in [2.24, 2.45) is 0 Å². The van der Waals surface area contributed by atoms with Gasteiger partial charge in [0.15, 0.2) is 0 Å². The molecule has 22 heavy (non-hydrogen) atoms. The second-order valence-electron chi connectivity index (χ2n) is 5.52. The summed E-state index contributed by atoms with van der Waals surface area (Å²) in [5.41, 5.74) is 2.83. The maximum absolute atomic E-state index is 12.3. The Morgan fingerprint density at radius 3 is 2.68 bits per heavy atom. The summed E-state index contributed by atoms with van der Waals surface area (Å²) in [6, 6.07) is 15.3.